The minimum Gasteiger partial charge on any atom is -0.368 e. The van der Waals surface area contributed by atoms with Crippen LogP contribution >= 0.6 is 11.3 Å². The van der Waals surface area contributed by atoms with Gasteiger partial charge in [-0.3, -0.25) is 10.1 Å². The molecular formula is C11H18N4O2S. The Bertz CT molecular complexity index is 402. The van der Waals surface area contributed by atoms with Crippen LogP contribution < -0.4 is 11.1 Å². The van der Waals surface area contributed by atoms with E-state index in [-0.39, 0.29) is 18.6 Å². The van der Waals surface area contributed by atoms with Gasteiger partial charge in [0.1, 0.15) is 11.6 Å². The SMILES string of the molecule is Cc1nnc(NC(=O)COC2CCC(N)CC2)s1. The highest BCUT2D eigenvalue weighted by molar-refractivity contribution is 7.15. The van der Waals surface area contributed by atoms with Gasteiger partial charge >= 0.3 is 0 Å². The van der Waals surface area contributed by atoms with Crippen LogP contribution in [0.2, 0.25) is 0 Å². The van der Waals surface area contributed by atoms with Crippen molar-refractivity contribution >= 4 is 22.4 Å². The second-order valence-electron chi connectivity index (χ2n) is 4.52. The molecule has 0 bridgehead atoms. The second-order valence-corrected chi connectivity index (χ2v) is 5.70. The molecule has 1 amide bonds. The van der Waals surface area contributed by atoms with Gasteiger partial charge in [0.05, 0.1) is 6.10 Å². The Kier molecular flexibility index (Phi) is 4.62. The molecule has 0 aromatic carbocycles. The van der Waals surface area contributed by atoms with E-state index in [4.69, 9.17) is 10.5 Å². The molecule has 0 saturated heterocycles. The molecule has 1 aliphatic carbocycles. The van der Waals surface area contributed by atoms with Crippen molar-refractivity contribution in [3.63, 3.8) is 0 Å². The van der Waals surface area contributed by atoms with Crippen molar-refractivity contribution in [2.24, 2.45) is 5.73 Å². The van der Waals surface area contributed by atoms with Crippen molar-refractivity contribution in [2.75, 3.05) is 11.9 Å². The lowest BCUT2D eigenvalue weighted by atomic mass is 9.94. The third kappa shape index (κ3) is 4.01. The third-order valence-electron chi connectivity index (χ3n) is 2.94. The number of rotatable bonds is 4. The van der Waals surface area contributed by atoms with Gasteiger partial charge < -0.3 is 10.5 Å². The average molecular weight is 270 g/mol. The minimum atomic E-state index is -0.180. The van der Waals surface area contributed by atoms with Crippen LogP contribution in [0, 0.1) is 6.92 Å². The summed E-state index contributed by atoms with van der Waals surface area (Å²) in [6, 6.07) is 0.294. The first kappa shape index (κ1) is 13.4. The summed E-state index contributed by atoms with van der Waals surface area (Å²) in [5.41, 5.74) is 5.81. The van der Waals surface area contributed by atoms with E-state index in [1.54, 1.807) is 0 Å². The Morgan fingerprint density at radius 2 is 2.17 bits per heavy atom. The van der Waals surface area contributed by atoms with Gasteiger partial charge in [-0.1, -0.05) is 11.3 Å². The Morgan fingerprint density at radius 3 is 2.78 bits per heavy atom. The van der Waals surface area contributed by atoms with Crippen molar-refractivity contribution in [2.45, 2.75) is 44.8 Å². The van der Waals surface area contributed by atoms with Gasteiger partial charge in [0.2, 0.25) is 5.13 Å². The van der Waals surface area contributed by atoms with Crippen LogP contribution in [0.1, 0.15) is 30.7 Å². The summed E-state index contributed by atoms with van der Waals surface area (Å²) < 4.78 is 5.56. The number of ether oxygens (including phenoxy) is 1. The lowest BCUT2D eigenvalue weighted by Crippen LogP contribution is -2.32. The van der Waals surface area contributed by atoms with Crippen molar-refractivity contribution in [1.82, 2.24) is 10.2 Å². The molecule has 1 saturated carbocycles. The van der Waals surface area contributed by atoms with E-state index in [2.05, 4.69) is 15.5 Å². The van der Waals surface area contributed by atoms with Crippen LogP contribution in [0.15, 0.2) is 0 Å². The van der Waals surface area contributed by atoms with Gasteiger partial charge in [0.25, 0.3) is 5.91 Å². The molecule has 0 unspecified atom stereocenters. The Balaban J connectivity index is 1.68. The number of carbonyl (C=O) groups is 1. The molecule has 3 N–H and O–H groups in total. The maximum atomic E-state index is 11.6. The fourth-order valence-electron chi connectivity index (χ4n) is 1.95. The quantitative estimate of drug-likeness (QED) is 0.854. The summed E-state index contributed by atoms with van der Waals surface area (Å²) in [5.74, 6) is -0.180. The Morgan fingerprint density at radius 1 is 1.44 bits per heavy atom. The van der Waals surface area contributed by atoms with E-state index in [9.17, 15) is 4.79 Å². The predicted octanol–water partition coefficient (Wildman–Crippen LogP) is 1.07. The molecule has 0 aliphatic heterocycles. The molecule has 0 spiro atoms. The number of hydrogen-bond acceptors (Lipinski definition) is 6. The zero-order valence-electron chi connectivity index (χ0n) is 10.4. The maximum absolute atomic E-state index is 11.6. The predicted molar refractivity (Wildman–Crippen MR) is 69.5 cm³/mol. The molecule has 1 heterocycles. The number of aryl methyl sites for hydroxylation is 1. The molecule has 1 fully saturated rings. The molecule has 7 heteroatoms. The van der Waals surface area contributed by atoms with Gasteiger partial charge in [-0.2, -0.15) is 0 Å². The van der Waals surface area contributed by atoms with E-state index in [0.29, 0.717) is 11.2 Å². The first-order valence-corrected chi connectivity index (χ1v) is 6.92. The molecule has 2 rings (SSSR count). The monoisotopic (exact) mass is 270 g/mol. The second kappa shape index (κ2) is 6.21. The number of carbonyl (C=O) groups excluding carboxylic acids is 1. The van der Waals surface area contributed by atoms with Crippen LogP contribution in [0.25, 0.3) is 0 Å². The molecule has 6 nitrogen and oxygen atoms in total. The van der Waals surface area contributed by atoms with Gasteiger partial charge in [-0.05, 0) is 32.6 Å². The van der Waals surface area contributed by atoms with Crippen molar-refractivity contribution in [3.8, 4) is 0 Å². The lowest BCUT2D eigenvalue weighted by Gasteiger charge is -2.25. The van der Waals surface area contributed by atoms with Crippen LogP contribution in [-0.2, 0) is 9.53 Å². The first-order valence-electron chi connectivity index (χ1n) is 6.10. The molecular weight excluding hydrogens is 252 g/mol. The molecule has 1 aliphatic rings. The molecule has 0 atom stereocenters. The first-order chi connectivity index (χ1) is 8.63. The van der Waals surface area contributed by atoms with Gasteiger partial charge in [-0.25, -0.2) is 0 Å². The van der Waals surface area contributed by atoms with Gasteiger partial charge in [0.15, 0.2) is 0 Å². The highest BCUT2D eigenvalue weighted by Crippen LogP contribution is 2.20. The van der Waals surface area contributed by atoms with Crippen LogP contribution in [-0.4, -0.2) is 34.9 Å². The summed E-state index contributed by atoms with van der Waals surface area (Å²) >= 11 is 1.35. The van der Waals surface area contributed by atoms with Crippen molar-refractivity contribution < 1.29 is 9.53 Å². The van der Waals surface area contributed by atoms with E-state index in [0.717, 1.165) is 30.7 Å². The molecule has 100 valence electrons. The van der Waals surface area contributed by atoms with E-state index in [1.165, 1.54) is 11.3 Å². The number of nitrogens with zero attached hydrogens (tertiary/aromatic N) is 2. The lowest BCUT2D eigenvalue weighted by molar-refractivity contribution is -0.123. The van der Waals surface area contributed by atoms with Crippen molar-refractivity contribution in [3.05, 3.63) is 5.01 Å². The molecule has 18 heavy (non-hydrogen) atoms. The Labute approximate surface area is 110 Å². The van der Waals surface area contributed by atoms with Gasteiger partial charge in [-0.15, -0.1) is 10.2 Å². The molecule has 1 aromatic heterocycles. The third-order valence-corrected chi connectivity index (χ3v) is 3.70. The number of amides is 1. The van der Waals surface area contributed by atoms with Crippen molar-refractivity contribution in [1.29, 1.82) is 0 Å². The summed E-state index contributed by atoms with van der Waals surface area (Å²) in [7, 11) is 0. The fraction of sp³-hybridized carbons (Fsp3) is 0.727. The zero-order chi connectivity index (χ0) is 13.0. The molecule has 0 radical (unpaired) electrons. The van der Waals surface area contributed by atoms with E-state index in [1.807, 2.05) is 6.92 Å². The maximum Gasteiger partial charge on any atom is 0.252 e. The largest absolute Gasteiger partial charge is 0.368 e. The summed E-state index contributed by atoms with van der Waals surface area (Å²) in [5, 5.41) is 11.7. The highest BCUT2D eigenvalue weighted by Gasteiger charge is 2.19. The van der Waals surface area contributed by atoms with E-state index >= 15 is 0 Å². The summed E-state index contributed by atoms with van der Waals surface area (Å²) in [6.07, 6.45) is 3.98. The van der Waals surface area contributed by atoms with Gasteiger partial charge in [0, 0.05) is 6.04 Å². The average Bonchev–Trinajstić information content (AvgIpc) is 2.74. The van der Waals surface area contributed by atoms with E-state index < -0.39 is 0 Å². The number of nitrogens with two attached hydrogens (primary N) is 1. The topological polar surface area (TPSA) is 90.1 Å². The number of hydrogen-bond donors (Lipinski definition) is 2. The number of aromatic nitrogens is 2. The fourth-order valence-corrected chi connectivity index (χ4v) is 2.56. The Hall–Kier alpha value is -1.05. The summed E-state index contributed by atoms with van der Waals surface area (Å²) in [4.78, 5) is 11.6. The minimum absolute atomic E-state index is 0.0680. The van der Waals surface area contributed by atoms with Crippen LogP contribution in [0.4, 0.5) is 5.13 Å². The standard InChI is InChI=1S/C11H18N4O2S/c1-7-14-15-11(18-7)13-10(16)6-17-9-4-2-8(12)3-5-9/h8-9H,2-6,12H2,1H3,(H,13,15,16). The highest BCUT2D eigenvalue weighted by atomic mass is 32.1. The number of anilines is 1. The normalized spacial score (nSPS) is 23.9. The number of nitrogens with one attached hydrogen (secondary N) is 1. The zero-order valence-corrected chi connectivity index (χ0v) is 11.2. The van der Waals surface area contributed by atoms with Crippen LogP contribution in [0.5, 0.6) is 0 Å². The van der Waals surface area contributed by atoms with Crippen LogP contribution in [0.3, 0.4) is 0 Å². The molecule has 1 aromatic rings. The smallest absolute Gasteiger partial charge is 0.252 e. The summed E-state index contributed by atoms with van der Waals surface area (Å²) in [6.45, 7) is 1.91.